The summed E-state index contributed by atoms with van der Waals surface area (Å²) in [4.78, 5) is 0. The number of nitrogens with zero attached hydrogens (tertiary/aromatic N) is 1. The van der Waals surface area contributed by atoms with Crippen LogP contribution in [-0.4, -0.2) is 4.57 Å². The van der Waals surface area contributed by atoms with Crippen molar-refractivity contribution in [2.75, 3.05) is 0 Å². The SMILES string of the molecule is Brc1cc2ccccc2n1-c1ccccc1. The van der Waals surface area contributed by atoms with Crippen LogP contribution in [-0.2, 0) is 0 Å². The van der Waals surface area contributed by atoms with E-state index in [9.17, 15) is 0 Å². The van der Waals surface area contributed by atoms with Gasteiger partial charge in [0, 0.05) is 11.1 Å². The van der Waals surface area contributed by atoms with Gasteiger partial charge in [-0.25, -0.2) is 0 Å². The normalized spacial score (nSPS) is 10.8. The Morgan fingerprint density at radius 3 is 2.31 bits per heavy atom. The lowest BCUT2D eigenvalue weighted by atomic mass is 10.2. The van der Waals surface area contributed by atoms with Crippen LogP contribution >= 0.6 is 15.9 Å². The van der Waals surface area contributed by atoms with Crippen molar-refractivity contribution in [2.45, 2.75) is 0 Å². The summed E-state index contributed by atoms with van der Waals surface area (Å²) >= 11 is 3.61. The number of aromatic nitrogens is 1. The van der Waals surface area contributed by atoms with Crippen molar-refractivity contribution in [3.63, 3.8) is 0 Å². The van der Waals surface area contributed by atoms with Crippen molar-refractivity contribution >= 4 is 26.8 Å². The smallest absolute Gasteiger partial charge is 0.0903 e. The fourth-order valence-electron chi connectivity index (χ4n) is 1.96. The molecule has 0 spiro atoms. The summed E-state index contributed by atoms with van der Waals surface area (Å²) in [6.07, 6.45) is 0. The second kappa shape index (κ2) is 3.80. The Bertz CT molecular complexity index is 626. The van der Waals surface area contributed by atoms with Gasteiger partial charge in [-0.3, -0.25) is 0 Å². The highest BCUT2D eigenvalue weighted by Crippen LogP contribution is 2.27. The fraction of sp³-hybridized carbons (Fsp3) is 0. The molecule has 1 nitrogen and oxygen atoms in total. The van der Waals surface area contributed by atoms with Crippen LogP contribution < -0.4 is 0 Å². The zero-order valence-electron chi connectivity index (χ0n) is 8.60. The molecule has 3 aromatic rings. The van der Waals surface area contributed by atoms with Crippen LogP contribution in [0.3, 0.4) is 0 Å². The number of benzene rings is 2. The Morgan fingerprint density at radius 2 is 1.50 bits per heavy atom. The summed E-state index contributed by atoms with van der Waals surface area (Å²) < 4.78 is 3.29. The standard InChI is InChI=1S/C14H10BrN/c15-14-10-11-6-4-5-9-13(11)16(14)12-7-2-1-3-8-12/h1-10H. The number of fused-ring (bicyclic) bond motifs is 1. The molecule has 0 saturated carbocycles. The van der Waals surface area contributed by atoms with E-state index in [0.717, 1.165) is 4.60 Å². The predicted molar refractivity (Wildman–Crippen MR) is 71.0 cm³/mol. The van der Waals surface area contributed by atoms with Crippen LogP contribution in [0, 0.1) is 0 Å². The first-order valence-corrected chi connectivity index (χ1v) is 5.97. The molecule has 1 aromatic heterocycles. The number of halogens is 1. The number of para-hydroxylation sites is 2. The van der Waals surface area contributed by atoms with Crippen LogP contribution in [0.1, 0.15) is 0 Å². The van der Waals surface area contributed by atoms with E-state index in [4.69, 9.17) is 0 Å². The Kier molecular flexibility index (Phi) is 2.29. The van der Waals surface area contributed by atoms with Crippen LogP contribution in [0.4, 0.5) is 0 Å². The second-order valence-corrected chi connectivity index (χ2v) is 4.51. The number of rotatable bonds is 1. The first kappa shape index (κ1) is 9.67. The second-order valence-electron chi connectivity index (χ2n) is 3.70. The van der Waals surface area contributed by atoms with Gasteiger partial charge in [0.25, 0.3) is 0 Å². The predicted octanol–water partition coefficient (Wildman–Crippen LogP) is 4.39. The highest BCUT2D eigenvalue weighted by molar-refractivity contribution is 9.10. The van der Waals surface area contributed by atoms with E-state index in [1.165, 1.54) is 16.6 Å². The zero-order valence-corrected chi connectivity index (χ0v) is 10.2. The lowest BCUT2D eigenvalue weighted by Gasteiger charge is -2.06. The maximum atomic E-state index is 3.61. The van der Waals surface area contributed by atoms with E-state index in [-0.39, 0.29) is 0 Å². The molecule has 2 aromatic carbocycles. The van der Waals surface area contributed by atoms with Crippen molar-refractivity contribution in [3.8, 4) is 5.69 Å². The van der Waals surface area contributed by atoms with Crippen LogP contribution in [0.5, 0.6) is 0 Å². The molecule has 0 bridgehead atoms. The quantitative estimate of drug-likeness (QED) is 0.619. The number of hydrogen-bond donors (Lipinski definition) is 0. The highest BCUT2D eigenvalue weighted by atomic mass is 79.9. The molecular formula is C14H10BrN. The van der Waals surface area contributed by atoms with Gasteiger partial charge < -0.3 is 4.57 Å². The molecule has 0 aliphatic carbocycles. The Hall–Kier alpha value is -1.54. The minimum absolute atomic E-state index is 1.08. The third kappa shape index (κ3) is 1.46. The Balaban J connectivity index is 2.35. The topological polar surface area (TPSA) is 4.93 Å². The molecule has 0 unspecified atom stereocenters. The highest BCUT2D eigenvalue weighted by Gasteiger charge is 2.06. The van der Waals surface area contributed by atoms with Crippen molar-refractivity contribution in [1.82, 2.24) is 4.57 Å². The van der Waals surface area contributed by atoms with E-state index >= 15 is 0 Å². The van der Waals surface area contributed by atoms with E-state index in [0.29, 0.717) is 0 Å². The van der Waals surface area contributed by atoms with Gasteiger partial charge in [0.2, 0.25) is 0 Å². The average Bonchev–Trinajstić information content (AvgIpc) is 2.66. The molecule has 78 valence electrons. The first-order chi connectivity index (χ1) is 7.86. The van der Waals surface area contributed by atoms with E-state index in [1.807, 2.05) is 6.07 Å². The van der Waals surface area contributed by atoms with Gasteiger partial charge in [0.15, 0.2) is 0 Å². The average molecular weight is 272 g/mol. The summed E-state index contributed by atoms with van der Waals surface area (Å²) in [5, 5.41) is 1.25. The summed E-state index contributed by atoms with van der Waals surface area (Å²) in [5.74, 6) is 0. The lowest BCUT2D eigenvalue weighted by molar-refractivity contribution is 1.09. The summed E-state index contributed by atoms with van der Waals surface area (Å²) in [6, 6.07) is 20.9. The van der Waals surface area contributed by atoms with Crippen molar-refractivity contribution in [1.29, 1.82) is 0 Å². The van der Waals surface area contributed by atoms with Crippen molar-refractivity contribution < 1.29 is 0 Å². The first-order valence-electron chi connectivity index (χ1n) is 5.18. The monoisotopic (exact) mass is 271 g/mol. The maximum Gasteiger partial charge on any atom is 0.0903 e. The fourth-order valence-corrected chi connectivity index (χ4v) is 2.60. The summed E-state index contributed by atoms with van der Waals surface area (Å²) in [5.41, 5.74) is 2.40. The molecule has 0 radical (unpaired) electrons. The Labute approximate surface area is 102 Å². The molecule has 0 aliphatic rings. The summed E-state index contributed by atoms with van der Waals surface area (Å²) in [6.45, 7) is 0. The molecule has 0 fully saturated rings. The molecule has 3 rings (SSSR count). The maximum absolute atomic E-state index is 3.61. The van der Waals surface area contributed by atoms with E-state index < -0.39 is 0 Å². The number of hydrogen-bond acceptors (Lipinski definition) is 0. The zero-order chi connectivity index (χ0) is 11.0. The largest absolute Gasteiger partial charge is 0.304 e. The molecule has 0 N–H and O–H groups in total. The van der Waals surface area contributed by atoms with Crippen LogP contribution in [0.2, 0.25) is 0 Å². The third-order valence-electron chi connectivity index (χ3n) is 2.68. The van der Waals surface area contributed by atoms with Gasteiger partial charge in [-0.1, -0.05) is 36.4 Å². The minimum atomic E-state index is 1.08. The molecule has 2 heteroatoms. The molecule has 0 amide bonds. The van der Waals surface area contributed by atoms with Crippen molar-refractivity contribution in [2.24, 2.45) is 0 Å². The molecule has 1 heterocycles. The van der Waals surface area contributed by atoms with Gasteiger partial charge in [-0.15, -0.1) is 0 Å². The van der Waals surface area contributed by atoms with E-state index in [2.05, 4.69) is 75.1 Å². The summed E-state index contributed by atoms with van der Waals surface area (Å²) in [7, 11) is 0. The van der Waals surface area contributed by atoms with Gasteiger partial charge in [-0.2, -0.15) is 0 Å². The van der Waals surface area contributed by atoms with Gasteiger partial charge >= 0.3 is 0 Å². The van der Waals surface area contributed by atoms with Crippen LogP contribution in [0.15, 0.2) is 65.3 Å². The molecule has 0 saturated heterocycles. The molecule has 0 aliphatic heterocycles. The minimum Gasteiger partial charge on any atom is -0.304 e. The van der Waals surface area contributed by atoms with Gasteiger partial charge in [0.05, 0.1) is 10.1 Å². The van der Waals surface area contributed by atoms with Gasteiger partial charge in [-0.05, 0) is 40.2 Å². The third-order valence-corrected chi connectivity index (χ3v) is 3.26. The Morgan fingerprint density at radius 1 is 0.812 bits per heavy atom. The van der Waals surface area contributed by atoms with Gasteiger partial charge in [0.1, 0.15) is 0 Å². The molecule has 16 heavy (non-hydrogen) atoms. The molecular weight excluding hydrogens is 262 g/mol. The van der Waals surface area contributed by atoms with E-state index in [1.54, 1.807) is 0 Å². The van der Waals surface area contributed by atoms with Crippen molar-refractivity contribution in [3.05, 3.63) is 65.3 Å². The lowest BCUT2D eigenvalue weighted by Crippen LogP contribution is -1.92. The molecule has 0 atom stereocenters. The van der Waals surface area contributed by atoms with Crippen LogP contribution in [0.25, 0.3) is 16.6 Å².